The fourth-order valence-corrected chi connectivity index (χ4v) is 1.87. The molecule has 6 nitrogen and oxygen atoms in total. The van der Waals surface area contributed by atoms with Gasteiger partial charge in [0.25, 0.3) is 6.29 Å². The van der Waals surface area contributed by atoms with E-state index in [4.69, 9.17) is 19.8 Å². The molecule has 1 unspecified atom stereocenters. The Morgan fingerprint density at radius 3 is 2.73 bits per heavy atom. The Morgan fingerprint density at radius 1 is 1.18 bits per heavy atom. The van der Waals surface area contributed by atoms with Crippen molar-refractivity contribution < 1.29 is 33.4 Å². The zero-order chi connectivity index (χ0) is 15.7. The molecule has 0 spiro atoms. The van der Waals surface area contributed by atoms with Gasteiger partial charge in [-0.3, -0.25) is 0 Å². The van der Waals surface area contributed by atoms with Gasteiger partial charge in [0, 0.05) is 0 Å². The third-order valence-electron chi connectivity index (χ3n) is 2.93. The van der Waals surface area contributed by atoms with Crippen LogP contribution >= 0.6 is 0 Å². The Kier molecular flexibility index (Phi) is 3.72. The number of hydrogen-bond donors (Lipinski definition) is 1. The molecule has 1 saturated heterocycles. The van der Waals surface area contributed by atoms with Gasteiger partial charge in [-0.05, 0) is 24.3 Å². The maximum Gasteiger partial charge on any atom is 0.335 e. The Bertz CT molecular complexity index is 724. The average molecular weight is 309 g/mol. The molecule has 1 aliphatic rings. The molecule has 0 aromatic heterocycles. The van der Waals surface area contributed by atoms with Crippen molar-refractivity contribution in [1.82, 2.24) is 0 Å². The van der Waals surface area contributed by atoms with Gasteiger partial charge in [-0.25, -0.2) is 18.4 Å². The zero-order valence-corrected chi connectivity index (χ0v) is 10.9. The SMILES string of the molecule is O=C(O)c1cccc(N2OOC(c3cccc(F)c3F)O2)c1. The van der Waals surface area contributed by atoms with Gasteiger partial charge in [-0.1, -0.05) is 28.4 Å². The van der Waals surface area contributed by atoms with Crippen LogP contribution in [-0.4, -0.2) is 11.1 Å². The maximum atomic E-state index is 13.7. The van der Waals surface area contributed by atoms with E-state index >= 15 is 0 Å². The van der Waals surface area contributed by atoms with E-state index in [1.54, 1.807) is 0 Å². The molecule has 0 bridgehead atoms. The van der Waals surface area contributed by atoms with Crippen LogP contribution in [0.1, 0.15) is 22.2 Å². The first-order chi connectivity index (χ1) is 10.6. The van der Waals surface area contributed by atoms with E-state index < -0.39 is 23.9 Å². The molecule has 22 heavy (non-hydrogen) atoms. The topological polar surface area (TPSA) is 68.2 Å². The van der Waals surface area contributed by atoms with Crippen LogP contribution in [0.5, 0.6) is 0 Å². The van der Waals surface area contributed by atoms with Gasteiger partial charge in [0.15, 0.2) is 11.6 Å². The van der Waals surface area contributed by atoms with Gasteiger partial charge in [0.2, 0.25) is 0 Å². The van der Waals surface area contributed by atoms with Gasteiger partial charge in [-0.15, -0.1) is 0 Å². The summed E-state index contributed by atoms with van der Waals surface area (Å²) in [4.78, 5) is 25.7. The van der Waals surface area contributed by atoms with Crippen LogP contribution in [0.15, 0.2) is 42.5 Å². The van der Waals surface area contributed by atoms with Crippen molar-refractivity contribution >= 4 is 11.7 Å². The molecule has 1 aliphatic heterocycles. The van der Waals surface area contributed by atoms with E-state index in [2.05, 4.69) is 0 Å². The summed E-state index contributed by atoms with van der Waals surface area (Å²) in [6, 6.07) is 9.17. The zero-order valence-electron chi connectivity index (χ0n) is 10.9. The molecule has 3 rings (SSSR count). The first-order valence-electron chi connectivity index (χ1n) is 6.14. The van der Waals surface area contributed by atoms with Gasteiger partial charge in [-0.2, -0.15) is 4.89 Å². The smallest absolute Gasteiger partial charge is 0.335 e. The van der Waals surface area contributed by atoms with E-state index in [0.717, 1.165) is 11.3 Å². The van der Waals surface area contributed by atoms with Crippen LogP contribution in [0.3, 0.4) is 0 Å². The Hall–Kier alpha value is -2.55. The molecule has 8 heteroatoms. The molecular formula is C14H9F2NO5. The minimum atomic E-state index is -1.32. The largest absolute Gasteiger partial charge is 0.478 e. The van der Waals surface area contributed by atoms with E-state index in [1.807, 2.05) is 0 Å². The van der Waals surface area contributed by atoms with Crippen molar-refractivity contribution in [2.75, 3.05) is 5.23 Å². The lowest BCUT2D eigenvalue weighted by molar-refractivity contribution is -0.286. The quantitative estimate of drug-likeness (QED) is 0.879. The van der Waals surface area contributed by atoms with E-state index in [1.165, 1.54) is 36.4 Å². The predicted octanol–water partition coefficient (Wildman–Crippen LogP) is 2.98. The van der Waals surface area contributed by atoms with Crippen molar-refractivity contribution in [1.29, 1.82) is 0 Å². The van der Waals surface area contributed by atoms with Crippen molar-refractivity contribution in [3.05, 3.63) is 65.2 Å². The van der Waals surface area contributed by atoms with Crippen molar-refractivity contribution in [3.8, 4) is 0 Å². The van der Waals surface area contributed by atoms with Crippen molar-refractivity contribution in [3.63, 3.8) is 0 Å². The number of carboxylic acid groups (broad SMARTS) is 1. The average Bonchev–Trinajstić information content (AvgIpc) is 3.00. The molecule has 0 saturated carbocycles. The van der Waals surface area contributed by atoms with E-state index in [0.29, 0.717) is 0 Å². The third-order valence-corrected chi connectivity index (χ3v) is 2.93. The van der Waals surface area contributed by atoms with Crippen LogP contribution in [0.2, 0.25) is 0 Å². The number of hydrogen-bond acceptors (Lipinski definition) is 5. The second-order valence-corrected chi connectivity index (χ2v) is 4.36. The van der Waals surface area contributed by atoms with Gasteiger partial charge in [0.05, 0.1) is 16.8 Å². The van der Waals surface area contributed by atoms with E-state index in [9.17, 15) is 13.6 Å². The lowest BCUT2D eigenvalue weighted by Crippen LogP contribution is -2.16. The predicted molar refractivity (Wildman–Crippen MR) is 68.2 cm³/mol. The minimum Gasteiger partial charge on any atom is -0.478 e. The Balaban J connectivity index is 1.82. The normalized spacial score (nSPS) is 17.7. The highest BCUT2D eigenvalue weighted by atomic mass is 19.2. The second kappa shape index (κ2) is 5.68. The summed E-state index contributed by atoms with van der Waals surface area (Å²) in [7, 11) is 0. The summed E-state index contributed by atoms with van der Waals surface area (Å²) in [6.07, 6.45) is -1.32. The fraction of sp³-hybridized carbons (Fsp3) is 0.0714. The van der Waals surface area contributed by atoms with Crippen molar-refractivity contribution in [2.45, 2.75) is 6.29 Å². The second-order valence-electron chi connectivity index (χ2n) is 4.36. The Morgan fingerprint density at radius 2 is 1.95 bits per heavy atom. The number of carbonyl (C=O) groups is 1. The summed E-state index contributed by atoms with van der Waals surface area (Å²) in [6.45, 7) is 0. The first-order valence-corrected chi connectivity index (χ1v) is 6.14. The third kappa shape index (κ3) is 2.62. The molecule has 2 aromatic carbocycles. The summed E-state index contributed by atoms with van der Waals surface area (Å²) in [5.41, 5.74) is 0.0428. The molecular weight excluding hydrogens is 300 g/mol. The molecule has 0 aliphatic carbocycles. The molecule has 0 radical (unpaired) electrons. The monoisotopic (exact) mass is 309 g/mol. The number of anilines is 1. The molecule has 0 amide bonds. The number of halogens is 2. The van der Waals surface area contributed by atoms with Crippen LogP contribution < -0.4 is 5.23 Å². The summed E-state index contributed by atoms with van der Waals surface area (Å²) < 4.78 is 26.9. The summed E-state index contributed by atoms with van der Waals surface area (Å²) in [5, 5.41) is 9.71. The number of carboxylic acids is 1. The minimum absolute atomic E-state index is 0.00471. The highest BCUT2D eigenvalue weighted by Crippen LogP contribution is 2.33. The molecule has 1 N–H and O–H groups in total. The standard InChI is InChI=1S/C14H9F2NO5/c15-11-6-2-5-10(12(11)16)14-20-17(22-21-14)9-4-1-3-8(7-9)13(18)19/h1-7,14H,(H,18,19). The molecule has 2 aromatic rings. The number of rotatable bonds is 3. The molecule has 1 atom stereocenters. The van der Waals surface area contributed by atoms with Crippen LogP contribution in [-0.2, 0) is 14.7 Å². The highest BCUT2D eigenvalue weighted by molar-refractivity contribution is 5.88. The molecule has 1 fully saturated rings. The fourth-order valence-electron chi connectivity index (χ4n) is 1.87. The van der Waals surface area contributed by atoms with Gasteiger partial charge >= 0.3 is 5.97 Å². The number of benzene rings is 2. The van der Waals surface area contributed by atoms with Gasteiger partial charge < -0.3 is 5.11 Å². The summed E-state index contributed by atoms with van der Waals surface area (Å²) in [5.74, 6) is -3.29. The number of nitrogens with zero attached hydrogens (tertiary/aromatic N) is 1. The molecule has 1 heterocycles. The maximum absolute atomic E-state index is 13.7. The van der Waals surface area contributed by atoms with Gasteiger partial charge in [0.1, 0.15) is 0 Å². The first kappa shape index (κ1) is 14.4. The Labute approximate surface area is 122 Å². The number of aromatic carboxylic acids is 1. The van der Waals surface area contributed by atoms with Crippen molar-refractivity contribution in [2.24, 2.45) is 0 Å². The van der Waals surface area contributed by atoms with E-state index in [-0.39, 0.29) is 16.8 Å². The lowest BCUT2D eigenvalue weighted by atomic mass is 10.2. The summed E-state index contributed by atoms with van der Waals surface area (Å²) >= 11 is 0. The van der Waals surface area contributed by atoms with Crippen LogP contribution in [0.4, 0.5) is 14.5 Å². The van der Waals surface area contributed by atoms with Crippen LogP contribution in [0.25, 0.3) is 0 Å². The molecule has 114 valence electrons. The van der Waals surface area contributed by atoms with Crippen LogP contribution in [0, 0.1) is 11.6 Å². The highest BCUT2D eigenvalue weighted by Gasteiger charge is 2.32. The lowest BCUT2D eigenvalue weighted by Gasteiger charge is -2.12.